The maximum absolute atomic E-state index is 13.8. The van der Waals surface area contributed by atoms with Gasteiger partial charge in [0.1, 0.15) is 19.8 Å². The number of carbonyl (C=O) groups excluding carboxylic acids is 4. The molecule has 328 valence electrons. The zero-order valence-corrected chi connectivity index (χ0v) is 35.3. The average molecular weight is 841 g/mol. The van der Waals surface area contributed by atoms with Crippen molar-refractivity contribution in [3.05, 3.63) is 0 Å². The van der Waals surface area contributed by atoms with E-state index in [2.05, 4.69) is 39.0 Å². The van der Waals surface area contributed by atoms with Crippen LogP contribution in [0.15, 0.2) is 0 Å². The van der Waals surface area contributed by atoms with E-state index in [1.165, 1.54) is 0 Å². The molecule has 1 atom stereocenters. The van der Waals surface area contributed by atoms with Crippen molar-refractivity contribution < 1.29 is 61.6 Å². The van der Waals surface area contributed by atoms with Crippen molar-refractivity contribution in [3.8, 4) is 37.0 Å². The fraction of sp³-hybridized carbons (Fsp3) is 0.750. The van der Waals surface area contributed by atoms with Gasteiger partial charge in [0.15, 0.2) is 0 Å². The maximum Gasteiger partial charge on any atom is 0.333 e. The average Bonchev–Trinajstić information content (AvgIpc) is 3.16. The van der Waals surface area contributed by atoms with Crippen LogP contribution in [-0.4, -0.2) is 144 Å². The molecule has 1 saturated carbocycles. The highest BCUT2D eigenvalue weighted by molar-refractivity contribution is 7.54. The van der Waals surface area contributed by atoms with Crippen molar-refractivity contribution in [2.24, 2.45) is 5.92 Å². The molecular formula is C40H65N4O13P. The first kappa shape index (κ1) is 52.5. The first-order valence-corrected chi connectivity index (χ1v) is 21.2. The number of amides is 4. The van der Waals surface area contributed by atoms with Gasteiger partial charge in [-0.1, -0.05) is 17.8 Å². The van der Waals surface area contributed by atoms with Gasteiger partial charge in [0, 0.05) is 50.4 Å². The van der Waals surface area contributed by atoms with Gasteiger partial charge in [-0.2, -0.15) is 0 Å². The summed E-state index contributed by atoms with van der Waals surface area (Å²) in [5.41, 5.74) is -1.16. The molecule has 5 N–H and O–H groups in total. The Bertz CT molecular complexity index is 1280. The van der Waals surface area contributed by atoms with Gasteiger partial charge in [-0.3, -0.25) is 23.7 Å². The van der Waals surface area contributed by atoms with Crippen molar-refractivity contribution in [3.63, 3.8) is 0 Å². The lowest BCUT2D eigenvalue weighted by atomic mass is 9.78. The third kappa shape index (κ3) is 24.4. The van der Waals surface area contributed by atoms with Gasteiger partial charge in [-0.25, -0.2) is 0 Å². The summed E-state index contributed by atoms with van der Waals surface area (Å²) >= 11 is 0. The minimum absolute atomic E-state index is 0.0321. The molecule has 0 spiro atoms. The predicted molar refractivity (Wildman–Crippen MR) is 216 cm³/mol. The summed E-state index contributed by atoms with van der Waals surface area (Å²) in [6.07, 6.45) is 15.5. The van der Waals surface area contributed by atoms with Crippen LogP contribution in [0.4, 0.5) is 0 Å². The Balaban J connectivity index is 3.02. The van der Waals surface area contributed by atoms with Crippen molar-refractivity contribution in [1.82, 2.24) is 21.3 Å². The fourth-order valence-electron chi connectivity index (χ4n) is 5.32. The summed E-state index contributed by atoms with van der Waals surface area (Å²) < 4.78 is 50.1. The van der Waals surface area contributed by atoms with Crippen molar-refractivity contribution in [1.29, 1.82) is 0 Å². The minimum atomic E-state index is -3.95. The van der Waals surface area contributed by atoms with Crippen LogP contribution in [0.1, 0.15) is 72.1 Å². The molecule has 1 aliphatic rings. The van der Waals surface area contributed by atoms with E-state index in [-0.39, 0.29) is 134 Å². The highest BCUT2D eigenvalue weighted by Crippen LogP contribution is 2.57. The van der Waals surface area contributed by atoms with Gasteiger partial charge in [0.25, 0.3) is 0 Å². The summed E-state index contributed by atoms with van der Waals surface area (Å²) in [7, 11) is -3.95. The second kappa shape index (κ2) is 30.5. The van der Waals surface area contributed by atoms with E-state index in [1.807, 2.05) is 0 Å². The molecule has 0 aromatic heterocycles. The molecule has 0 aromatic rings. The van der Waals surface area contributed by atoms with Crippen LogP contribution in [0.25, 0.3) is 0 Å². The Hall–Kier alpha value is -3.53. The normalized spacial score (nSPS) is 16.1. The van der Waals surface area contributed by atoms with Crippen LogP contribution in [0.3, 0.4) is 0 Å². The van der Waals surface area contributed by atoms with Crippen molar-refractivity contribution in [2.75, 3.05) is 98.9 Å². The van der Waals surface area contributed by atoms with E-state index in [1.54, 1.807) is 20.8 Å². The smallest absolute Gasteiger partial charge is 0.333 e. The lowest BCUT2D eigenvalue weighted by Crippen LogP contribution is -2.54. The Kier molecular flexibility index (Phi) is 27.6. The molecule has 58 heavy (non-hydrogen) atoms. The molecule has 1 aliphatic carbocycles. The van der Waals surface area contributed by atoms with Gasteiger partial charge >= 0.3 is 7.60 Å². The Morgan fingerprint density at radius 3 is 1.29 bits per heavy atom. The summed E-state index contributed by atoms with van der Waals surface area (Å²) in [5, 5.41) is 10.5. The number of rotatable bonds is 34. The van der Waals surface area contributed by atoms with E-state index in [0.29, 0.717) is 39.6 Å². The van der Waals surface area contributed by atoms with Gasteiger partial charge in [-0.15, -0.1) is 19.3 Å². The summed E-state index contributed by atoms with van der Waals surface area (Å²) in [6, 6.07) is 0. The number of terminal acetylenes is 3. The van der Waals surface area contributed by atoms with Gasteiger partial charge in [-0.05, 0) is 52.9 Å². The number of nitrogens with one attached hydrogen (secondary N) is 4. The lowest BCUT2D eigenvalue weighted by molar-refractivity contribution is -0.134. The largest absolute Gasteiger partial charge is 0.377 e. The fourth-order valence-corrected chi connectivity index (χ4v) is 6.21. The second-order valence-corrected chi connectivity index (χ2v) is 17.1. The minimum Gasteiger partial charge on any atom is -0.377 e. The lowest BCUT2D eigenvalue weighted by Gasteiger charge is -2.41. The SMILES string of the molecule is C#CCOCCOCCNC(=O)CCC(CCC(=O)NCCOCCOCC#C)(CCC(=O)NCCOCCOCC#C)NC(=O)C1CC(OP(=O)(O)C(C)(C)C)C1. The van der Waals surface area contributed by atoms with Crippen LogP contribution in [-0.2, 0) is 56.7 Å². The van der Waals surface area contributed by atoms with E-state index >= 15 is 0 Å². The highest BCUT2D eigenvalue weighted by Gasteiger charge is 2.45. The van der Waals surface area contributed by atoms with E-state index in [0.717, 1.165) is 0 Å². The van der Waals surface area contributed by atoms with Crippen LogP contribution in [0.5, 0.6) is 0 Å². The molecular weight excluding hydrogens is 775 g/mol. The number of hydrogen-bond donors (Lipinski definition) is 5. The highest BCUT2D eigenvalue weighted by atomic mass is 31.2. The van der Waals surface area contributed by atoms with Crippen LogP contribution >= 0.6 is 7.60 Å². The molecule has 0 bridgehead atoms. The van der Waals surface area contributed by atoms with Crippen LogP contribution in [0.2, 0.25) is 0 Å². The molecule has 17 nitrogen and oxygen atoms in total. The molecule has 0 aliphatic heterocycles. The summed E-state index contributed by atoms with van der Waals surface area (Å²) in [5.74, 6) is 5.23. The van der Waals surface area contributed by atoms with Crippen molar-refractivity contribution >= 4 is 31.2 Å². The Morgan fingerprint density at radius 1 is 0.621 bits per heavy atom. The third-order valence-corrected chi connectivity index (χ3v) is 11.1. The molecule has 1 unspecified atom stereocenters. The summed E-state index contributed by atoms with van der Waals surface area (Å²) in [4.78, 5) is 63.3. The first-order valence-electron chi connectivity index (χ1n) is 19.6. The summed E-state index contributed by atoms with van der Waals surface area (Å²) in [6.45, 7) is 8.56. The predicted octanol–water partition coefficient (Wildman–Crippen LogP) is 1.31. The molecule has 0 aromatic carbocycles. The van der Waals surface area contributed by atoms with Gasteiger partial charge < -0.3 is 59.1 Å². The van der Waals surface area contributed by atoms with Crippen LogP contribution < -0.4 is 21.3 Å². The van der Waals surface area contributed by atoms with Crippen molar-refractivity contribution in [2.45, 2.75) is 88.9 Å². The second-order valence-electron chi connectivity index (χ2n) is 14.5. The maximum atomic E-state index is 13.8. The Morgan fingerprint density at radius 2 is 0.966 bits per heavy atom. The zero-order valence-electron chi connectivity index (χ0n) is 34.4. The topological polar surface area (TPSA) is 218 Å². The molecule has 0 heterocycles. The molecule has 0 radical (unpaired) electrons. The zero-order chi connectivity index (χ0) is 43.1. The van der Waals surface area contributed by atoms with Crippen LogP contribution in [0, 0.1) is 42.9 Å². The molecule has 18 heteroatoms. The molecule has 0 saturated heterocycles. The first-order chi connectivity index (χ1) is 27.7. The van der Waals surface area contributed by atoms with Gasteiger partial charge in [0.05, 0.1) is 70.7 Å². The van der Waals surface area contributed by atoms with E-state index in [4.69, 9.17) is 52.2 Å². The molecule has 1 fully saturated rings. The standard InChI is InChI=1S/C40H65N4O13P/c1-7-19-51-25-28-54-22-16-41-35(45)10-13-40(14-11-36(46)42-17-23-55-29-26-52-20-8-2,15-12-37(47)43-18-24-56-30-27-53-21-9-3)44-38(48)33-31-34(32-33)57-58(49,50)39(4,5)6/h1-3,33-34H,10-32H2,4-6H3,(H,41,45)(H,42,46)(H,43,47)(H,44,48)(H,49,50). The van der Waals surface area contributed by atoms with E-state index < -0.39 is 30.3 Å². The number of hydrogen-bond acceptors (Lipinski definition) is 12. The third-order valence-electron chi connectivity index (χ3n) is 8.86. The molecule has 4 amide bonds. The molecule has 1 rings (SSSR count). The van der Waals surface area contributed by atoms with E-state index in [9.17, 15) is 28.6 Å². The monoisotopic (exact) mass is 840 g/mol. The van der Waals surface area contributed by atoms with Gasteiger partial charge in [0.2, 0.25) is 23.6 Å². The number of carbonyl (C=O) groups is 4. The number of ether oxygens (including phenoxy) is 6. The quantitative estimate of drug-likeness (QED) is 0.0351. The Labute approximate surface area is 344 Å².